The number of hydrogen-bond donors (Lipinski definition) is 1. The van der Waals surface area contributed by atoms with Gasteiger partial charge in [0.1, 0.15) is 0 Å². The van der Waals surface area contributed by atoms with Crippen LogP contribution in [0.4, 0.5) is 4.79 Å². The van der Waals surface area contributed by atoms with Crippen LogP contribution in [0.3, 0.4) is 0 Å². The van der Waals surface area contributed by atoms with Crippen molar-refractivity contribution in [2.75, 3.05) is 20.2 Å². The van der Waals surface area contributed by atoms with Gasteiger partial charge in [0.2, 0.25) is 0 Å². The number of amides is 1. The Balaban J connectivity index is 0. The SMILES string of the molecule is COC(=O)NCCCCN(C(C)C)C(C)C.Cl. The van der Waals surface area contributed by atoms with Gasteiger partial charge in [-0.3, -0.25) is 4.90 Å². The molecule has 0 aliphatic carbocycles. The molecule has 0 radical (unpaired) electrons. The molecule has 0 aromatic heterocycles. The number of rotatable bonds is 7. The molecule has 0 aliphatic rings. The maximum atomic E-state index is 10.8. The Morgan fingerprint density at radius 3 is 2.12 bits per heavy atom. The van der Waals surface area contributed by atoms with E-state index in [0.29, 0.717) is 18.6 Å². The first-order valence-electron chi connectivity index (χ1n) is 6.06. The fourth-order valence-corrected chi connectivity index (χ4v) is 1.79. The molecule has 5 heteroatoms. The maximum absolute atomic E-state index is 10.8. The summed E-state index contributed by atoms with van der Waals surface area (Å²) in [7, 11) is 1.38. The Morgan fingerprint density at radius 1 is 1.18 bits per heavy atom. The lowest BCUT2D eigenvalue weighted by Gasteiger charge is -2.30. The second-order valence-corrected chi connectivity index (χ2v) is 4.55. The molecule has 17 heavy (non-hydrogen) atoms. The van der Waals surface area contributed by atoms with Crippen molar-refractivity contribution in [3.63, 3.8) is 0 Å². The lowest BCUT2D eigenvalue weighted by atomic mass is 10.2. The number of nitrogens with one attached hydrogen (secondary N) is 1. The van der Waals surface area contributed by atoms with Gasteiger partial charge >= 0.3 is 6.09 Å². The number of halogens is 1. The highest BCUT2D eigenvalue weighted by molar-refractivity contribution is 5.85. The molecule has 0 spiro atoms. The van der Waals surface area contributed by atoms with E-state index in [2.05, 4.69) is 42.6 Å². The van der Waals surface area contributed by atoms with Crippen molar-refractivity contribution < 1.29 is 9.53 Å². The van der Waals surface area contributed by atoms with E-state index in [1.807, 2.05) is 0 Å². The van der Waals surface area contributed by atoms with Crippen LogP contribution in [0.15, 0.2) is 0 Å². The Labute approximate surface area is 111 Å². The van der Waals surface area contributed by atoms with Gasteiger partial charge in [-0.25, -0.2) is 4.79 Å². The molecule has 1 N–H and O–H groups in total. The Morgan fingerprint density at radius 2 is 1.71 bits per heavy atom. The highest BCUT2D eigenvalue weighted by Crippen LogP contribution is 2.06. The summed E-state index contributed by atoms with van der Waals surface area (Å²) < 4.78 is 4.49. The highest BCUT2D eigenvalue weighted by Gasteiger charge is 2.12. The maximum Gasteiger partial charge on any atom is 0.406 e. The first kappa shape index (κ1) is 18.9. The normalized spacial score (nSPS) is 10.6. The number of ether oxygens (including phenoxy) is 1. The van der Waals surface area contributed by atoms with Gasteiger partial charge in [0.05, 0.1) is 7.11 Å². The molecule has 0 heterocycles. The minimum Gasteiger partial charge on any atom is -0.453 e. The van der Waals surface area contributed by atoms with Crippen LogP contribution in [0.1, 0.15) is 40.5 Å². The highest BCUT2D eigenvalue weighted by atomic mass is 35.5. The lowest BCUT2D eigenvalue weighted by Crippen LogP contribution is -2.38. The number of methoxy groups -OCH3 is 1. The Kier molecular flexibility index (Phi) is 11.8. The topological polar surface area (TPSA) is 41.6 Å². The minimum absolute atomic E-state index is 0. The van der Waals surface area contributed by atoms with Crippen molar-refractivity contribution in [3.8, 4) is 0 Å². The largest absolute Gasteiger partial charge is 0.453 e. The predicted octanol–water partition coefficient (Wildman–Crippen LogP) is 2.66. The number of carbonyl (C=O) groups excluding carboxylic acids is 1. The molecular weight excluding hydrogens is 240 g/mol. The molecule has 0 aromatic rings. The average Bonchev–Trinajstić information content (AvgIpc) is 2.21. The Hall–Kier alpha value is -0.480. The fraction of sp³-hybridized carbons (Fsp3) is 0.917. The van der Waals surface area contributed by atoms with E-state index in [9.17, 15) is 4.79 Å². The summed E-state index contributed by atoms with van der Waals surface area (Å²) >= 11 is 0. The smallest absolute Gasteiger partial charge is 0.406 e. The summed E-state index contributed by atoms with van der Waals surface area (Å²) in [6, 6.07) is 1.15. The molecule has 0 atom stereocenters. The van der Waals surface area contributed by atoms with Crippen LogP contribution >= 0.6 is 12.4 Å². The number of unbranched alkanes of at least 4 members (excludes halogenated alkanes) is 1. The van der Waals surface area contributed by atoms with E-state index >= 15 is 0 Å². The second kappa shape index (κ2) is 10.7. The zero-order valence-electron chi connectivity index (χ0n) is 11.7. The van der Waals surface area contributed by atoms with Gasteiger partial charge in [0.15, 0.2) is 0 Å². The molecule has 0 fully saturated rings. The number of carbonyl (C=O) groups is 1. The summed E-state index contributed by atoms with van der Waals surface area (Å²) in [6.07, 6.45) is 1.75. The van der Waals surface area contributed by atoms with Crippen LogP contribution in [0, 0.1) is 0 Å². The zero-order chi connectivity index (χ0) is 12.6. The molecule has 0 unspecified atom stereocenters. The third-order valence-electron chi connectivity index (χ3n) is 2.62. The van der Waals surface area contributed by atoms with Gasteiger partial charge in [-0.05, 0) is 47.1 Å². The van der Waals surface area contributed by atoms with Crippen LogP contribution in [-0.4, -0.2) is 43.3 Å². The van der Waals surface area contributed by atoms with Crippen molar-refractivity contribution in [3.05, 3.63) is 0 Å². The van der Waals surface area contributed by atoms with E-state index in [1.165, 1.54) is 7.11 Å². The Bertz CT molecular complexity index is 191. The van der Waals surface area contributed by atoms with Crippen LogP contribution in [-0.2, 0) is 4.74 Å². The van der Waals surface area contributed by atoms with Crippen LogP contribution < -0.4 is 5.32 Å². The van der Waals surface area contributed by atoms with Gasteiger partial charge in [0.25, 0.3) is 0 Å². The zero-order valence-corrected chi connectivity index (χ0v) is 12.5. The van der Waals surface area contributed by atoms with E-state index in [1.54, 1.807) is 0 Å². The van der Waals surface area contributed by atoms with E-state index < -0.39 is 0 Å². The summed E-state index contributed by atoms with van der Waals surface area (Å²) in [5, 5.41) is 2.68. The predicted molar refractivity (Wildman–Crippen MR) is 73.9 cm³/mol. The first-order chi connectivity index (χ1) is 7.49. The number of hydrogen-bond acceptors (Lipinski definition) is 3. The third kappa shape index (κ3) is 9.24. The molecule has 1 amide bonds. The average molecular weight is 267 g/mol. The van der Waals surface area contributed by atoms with E-state index in [4.69, 9.17) is 0 Å². The second-order valence-electron chi connectivity index (χ2n) is 4.55. The summed E-state index contributed by atoms with van der Waals surface area (Å²) in [4.78, 5) is 13.2. The van der Waals surface area contributed by atoms with Gasteiger partial charge in [-0.1, -0.05) is 0 Å². The summed E-state index contributed by atoms with van der Waals surface area (Å²) in [5.74, 6) is 0. The summed E-state index contributed by atoms with van der Waals surface area (Å²) in [6.45, 7) is 10.6. The van der Waals surface area contributed by atoms with Gasteiger partial charge < -0.3 is 10.1 Å². The number of nitrogens with zero attached hydrogens (tertiary/aromatic N) is 1. The molecule has 0 aliphatic heterocycles. The molecule has 4 nitrogen and oxygen atoms in total. The molecular formula is C12H27ClN2O2. The molecule has 104 valence electrons. The lowest BCUT2D eigenvalue weighted by molar-refractivity contribution is 0.165. The molecule has 0 saturated carbocycles. The fourth-order valence-electron chi connectivity index (χ4n) is 1.79. The van der Waals surface area contributed by atoms with Gasteiger partial charge in [-0.15, -0.1) is 12.4 Å². The van der Waals surface area contributed by atoms with Crippen molar-refractivity contribution >= 4 is 18.5 Å². The van der Waals surface area contributed by atoms with Crippen molar-refractivity contribution in [2.45, 2.75) is 52.6 Å². The molecule has 0 aromatic carbocycles. The third-order valence-corrected chi connectivity index (χ3v) is 2.62. The quantitative estimate of drug-likeness (QED) is 0.721. The van der Waals surface area contributed by atoms with Crippen molar-refractivity contribution in [1.29, 1.82) is 0 Å². The monoisotopic (exact) mass is 266 g/mol. The van der Waals surface area contributed by atoms with Crippen molar-refractivity contribution in [1.82, 2.24) is 10.2 Å². The molecule has 0 saturated heterocycles. The first-order valence-corrected chi connectivity index (χ1v) is 6.06. The van der Waals surface area contributed by atoms with E-state index in [-0.39, 0.29) is 18.5 Å². The standard InChI is InChI=1S/C12H26N2O2.ClH/c1-10(2)14(11(3)4)9-7-6-8-13-12(15)16-5;/h10-11H,6-9H2,1-5H3,(H,13,15);1H. The summed E-state index contributed by atoms with van der Waals surface area (Å²) in [5.41, 5.74) is 0. The van der Waals surface area contributed by atoms with Crippen LogP contribution in [0.25, 0.3) is 0 Å². The molecule has 0 bridgehead atoms. The minimum atomic E-state index is -0.343. The van der Waals surface area contributed by atoms with Crippen LogP contribution in [0.5, 0.6) is 0 Å². The van der Waals surface area contributed by atoms with Crippen molar-refractivity contribution in [2.24, 2.45) is 0 Å². The van der Waals surface area contributed by atoms with Gasteiger partial charge in [0, 0.05) is 18.6 Å². The number of alkyl carbamates (subject to hydrolysis) is 1. The van der Waals surface area contributed by atoms with E-state index in [0.717, 1.165) is 19.4 Å². The van der Waals surface area contributed by atoms with Gasteiger partial charge in [-0.2, -0.15) is 0 Å². The molecule has 0 rings (SSSR count). The van der Waals surface area contributed by atoms with Crippen LogP contribution in [0.2, 0.25) is 0 Å².